The van der Waals surface area contributed by atoms with E-state index in [1.165, 1.54) is 12.1 Å². The molecule has 0 amide bonds. The van der Waals surface area contributed by atoms with Gasteiger partial charge in [0.25, 0.3) is 0 Å². The van der Waals surface area contributed by atoms with Crippen molar-refractivity contribution < 1.29 is 14.3 Å². The minimum absolute atomic E-state index is 0.0337. The van der Waals surface area contributed by atoms with Gasteiger partial charge in [-0.1, -0.05) is 28.1 Å². The van der Waals surface area contributed by atoms with Crippen molar-refractivity contribution in [2.24, 2.45) is 0 Å². The summed E-state index contributed by atoms with van der Waals surface area (Å²) in [7, 11) is 1.76. The zero-order valence-electron chi connectivity index (χ0n) is 11.1. The van der Waals surface area contributed by atoms with Crippen LogP contribution in [0.25, 0.3) is 0 Å². The molecule has 21 heavy (non-hydrogen) atoms. The number of nitrogens with zero attached hydrogens (tertiary/aromatic N) is 1. The van der Waals surface area contributed by atoms with Gasteiger partial charge in [-0.3, -0.25) is 0 Å². The van der Waals surface area contributed by atoms with Gasteiger partial charge in [-0.2, -0.15) is 0 Å². The smallest absolute Gasteiger partial charge is 0.336 e. The van der Waals surface area contributed by atoms with Crippen LogP contribution in [0.4, 0.5) is 10.1 Å². The highest BCUT2D eigenvalue weighted by molar-refractivity contribution is 9.10. The number of carboxylic acid groups (broad SMARTS) is 1. The number of anilines is 1. The molecule has 0 heterocycles. The van der Waals surface area contributed by atoms with Crippen molar-refractivity contribution in [2.75, 3.05) is 11.9 Å². The fourth-order valence-corrected chi connectivity index (χ4v) is 2.95. The summed E-state index contributed by atoms with van der Waals surface area (Å²) in [4.78, 5) is 12.7. The highest BCUT2D eigenvalue weighted by atomic mass is 79.9. The first kappa shape index (κ1) is 16.0. The molecular weight excluding hydrogens is 405 g/mol. The van der Waals surface area contributed by atoms with Crippen molar-refractivity contribution in [1.82, 2.24) is 0 Å². The van der Waals surface area contributed by atoms with Crippen molar-refractivity contribution in [3.63, 3.8) is 0 Å². The number of carboxylic acids is 1. The van der Waals surface area contributed by atoms with Crippen LogP contribution < -0.4 is 4.90 Å². The molecule has 0 saturated carbocycles. The first-order valence-electron chi connectivity index (χ1n) is 6.07. The maximum Gasteiger partial charge on any atom is 0.336 e. The molecule has 0 saturated heterocycles. The predicted octanol–water partition coefficient (Wildman–Crippen LogP) is 4.69. The number of benzene rings is 2. The van der Waals surface area contributed by atoms with Crippen LogP contribution in [0.3, 0.4) is 0 Å². The predicted molar refractivity (Wildman–Crippen MR) is 87.3 cm³/mol. The van der Waals surface area contributed by atoms with Gasteiger partial charge in [0, 0.05) is 18.1 Å². The highest BCUT2D eigenvalue weighted by Gasteiger charge is 2.18. The average molecular weight is 417 g/mol. The lowest BCUT2D eigenvalue weighted by molar-refractivity contribution is 0.0695. The van der Waals surface area contributed by atoms with E-state index in [9.17, 15) is 9.18 Å². The van der Waals surface area contributed by atoms with E-state index in [1.54, 1.807) is 11.9 Å². The summed E-state index contributed by atoms with van der Waals surface area (Å²) >= 11 is 6.40. The van der Waals surface area contributed by atoms with Crippen LogP contribution in [0.15, 0.2) is 45.3 Å². The average Bonchev–Trinajstić information content (AvgIpc) is 2.41. The molecule has 0 unspecified atom stereocenters. The molecule has 6 heteroatoms. The lowest BCUT2D eigenvalue weighted by atomic mass is 10.1. The maximum absolute atomic E-state index is 14.3. The molecule has 0 atom stereocenters. The molecule has 2 aromatic carbocycles. The Labute approximate surface area is 138 Å². The van der Waals surface area contributed by atoms with Crippen LogP contribution in [-0.4, -0.2) is 18.1 Å². The van der Waals surface area contributed by atoms with Gasteiger partial charge in [0.15, 0.2) is 5.82 Å². The van der Waals surface area contributed by atoms with E-state index in [0.29, 0.717) is 12.2 Å². The Balaban J connectivity index is 2.29. The van der Waals surface area contributed by atoms with Gasteiger partial charge < -0.3 is 10.0 Å². The zero-order chi connectivity index (χ0) is 15.6. The van der Waals surface area contributed by atoms with E-state index in [-0.39, 0.29) is 10.0 Å². The number of halogens is 3. The molecule has 0 spiro atoms. The molecule has 1 N–H and O–H groups in total. The summed E-state index contributed by atoms with van der Waals surface area (Å²) in [6.07, 6.45) is 0. The normalized spacial score (nSPS) is 10.5. The monoisotopic (exact) mass is 415 g/mol. The summed E-state index contributed by atoms with van der Waals surface area (Å²) in [6, 6.07) is 10.6. The van der Waals surface area contributed by atoms with E-state index in [1.807, 2.05) is 24.3 Å². The molecule has 2 aromatic rings. The Morgan fingerprint density at radius 3 is 2.62 bits per heavy atom. The second kappa shape index (κ2) is 6.58. The van der Waals surface area contributed by atoms with Gasteiger partial charge in [0.2, 0.25) is 0 Å². The van der Waals surface area contributed by atoms with Crippen LogP contribution in [0.1, 0.15) is 15.9 Å². The van der Waals surface area contributed by atoms with E-state index in [0.717, 1.165) is 10.0 Å². The summed E-state index contributed by atoms with van der Waals surface area (Å²) in [6.45, 7) is 0.509. The largest absolute Gasteiger partial charge is 0.478 e. The molecule has 0 aromatic heterocycles. The molecule has 0 aliphatic rings. The minimum atomic E-state index is -1.16. The van der Waals surface area contributed by atoms with Crippen LogP contribution in [0.5, 0.6) is 0 Å². The third kappa shape index (κ3) is 3.63. The van der Waals surface area contributed by atoms with Crippen molar-refractivity contribution in [2.45, 2.75) is 6.54 Å². The highest BCUT2D eigenvalue weighted by Crippen LogP contribution is 2.30. The number of hydrogen-bond donors (Lipinski definition) is 1. The number of rotatable bonds is 4. The van der Waals surface area contributed by atoms with Crippen LogP contribution in [0.2, 0.25) is 0 Å². The third-order valence-electron chi connectivity index (χ3n) is 3.01. The quantitative estimate of drug-likeness (QED) is 0.786. The Bertz CT molecular complexity index is 691. The summed E-state index contributed by atoms with van der Waals surface area (Å²) in [5, 5.41) is 8.97. The van der Waals surface area contributed by atoms with Crippen molar-refractivity contribution >= 4 is 43.5 Å². The van der Waals surface area contributed by atoms with E-state index in [4.69, 9.17) is 5.11 Å². The topological polar surface area (TPSA) is 40.5 Å². The van der Waals surface area contributed by atoms with E-state index >= 15 is 0 Å². The molecule has 0 fully saturated rings. The Kier molecular flexibility index (Phi) is 5.00. The van der Waals surface area contributed by atoms with E-state index in [2.05, 4.69) is 31.9 Å². The van der Waals surface area contributed by atoms with E-state index < -0.39 is 11.8 Å². The van der Waals surface area contributed by atoms with Crippen molar-refractivity contribution in [1.29, 1.82) is 0 Å². The van der Waals surface area contributed by atoms with Gasteiger partial charge in [-0.15, -0.1) is 0 Å². The lowest BCUT2D eigenvalue weighted by Gasteiger charge is -2.21. The van der Waals surface area contributed by atoms with Gasteiger partial charge in [0.1, 0.15) is 0 Å². The zero-order valence-corrected chi connectivity index (χ0v) is 14.3. The van der Waals surface area contributed by atoms with Crippen molar-refractivity contribution in [3.05, 3.63) is 62.3 Å². The molecule has 0 aliphatic heterocycles. The standard InChI is InChI=1S/C15H12Br2FNO2/c1-19(8-9-3-2-4-10(16)7-9)12-6-5-11(15(20)21)13(17)14(12)18/h2-7H,8H2,1H3,(H,20,21). The molecule has 0 bridgehead atoms. The Morgan fingerprint density at radius 1 is 1.29 bits per heavy atom. The Hall–Kier alpha value is -1.40. The number of hydrogen-bond acceptors (Lipinski definition) is 2. The lowest BCUT2D eigenvalue weighted by Crippen LogP contribution is -2.18. The fourth-order valence-electron chi connectivity index (χ4n) is 1.99. The molecule has 3 nitrogen and oxygen atoms in total. The second-order valence-electron chi connectivity index (χ2n) is 4.55. The minimum Gasteiger partial charge on any atom is -0.478 e. The summed E-state index contributed by atoms with van der Waals surface area (Å²) in [5.74, 6) is -1.74. The molecule has 0 aliphatic carbocycles. The SMILES string of the molecule is CN(Cc1cccc(Br)c1)c1ccc(C(=O)O)c(Br)c1F. The van der Waals surface area contributed by atoms with Crippen LogP contribution >= 0.6 is 31.9 Å². The summed E-state index contributed by atoms with van der Waals surface area (Å²) < 4.78 is 15.2. The molecular formula is C15H12Br2FNO2. The molecule has 2 rings (SSSR count). The molecule has 110 valence electrons. The third-order valence-corrected chi connectivity index (χ3v) is 4.28. The fraction of sp³-hybridized carbons (Fsp3) is 0.133. The van der Waals surface area contributed by atoms with Gasteiger partial charge in [-0.25, -0.2) is 9.18 Å². The second-order valence-corrected chi connectivity index (χ2v) is 6.26. The number of carbonyl (C=O) groups is 1. The maximum atomic E-state index is 14.3. The van der Waals surface area contributed by atoms with Gasteiger partial charge >= 0.3 is 5.97 Å². The van der Waals surface area contributed by atoms with Gasteiger partial charge in [0.05, 0.1) is 15.7 Å². The van der Waals surface area contributed by atoms with Crippen molar-refractivity contribution in [3.8, 4) is 0 Å². The summed E-state index contributed by atoms with van der Waals surface area (Å²) in [5.41, 5.74) is 1.27. The molecule has 0 radical (unpaired) electrons. The first-order chi connectivity index (χ1) is 9.90. The van der Waals surface area contributed by atoms with Crippen LogP contribution in [-0.2, 0) is 6.54 Å². The van der Waals surface area contributed by atoms with Gasteiger partial charge in [-0.05, 0) is 45.8 Å². The van der Waals surface area contributed by atoms with Crippen LogP contribution in [0, 0.1) is 5.82 Å². The Morgan fingerprint density at radius 2 is 2.00 bits per heavy atom. The number of aromatic carboxylic acids is 1. The first-order valence-corrected chi connectivity index (χ1v) is 7.65.